The summed E-state index contributed by atoms with van der Waals surface area (Å²) in [6, 6.07) is 11.8. The van der Waals surface area contributed by atoms with Crippen LogP contribution in [0, 0.1) is 0 Å². The Morgan fingerprint density at radius 2 is 1.88 bits per heavy atom. The van der Waals surface area contributed by atoms with E-state index in [-0.39, 0.29) is 12.6 Å². The second kappa shape index (κ2) is 7.41. The van der Waals surface area contributed by atoms with Gasteiger partial charge in [-0.3, -0.25) is 4.79 Å². The number of fused-ring (bicyclic) bond motifs is 2. The number of hydrogen-bond donors (Lipinski definition) is 1. The first-order chi connectivity index (χ1) is 12.7. The van der Waals surface area contributed by atoms with Crippen LogP contribution in [0.1, 0.15) is 17.5 Å². The number of aromatic amines is 1. The molecule has 3 aromatic rings. The maximum atomic E-state index is 12.1. The summed E-state index contributed by atoms with van der Waals surface area (Å²) in [5, 5.41) is 1.15. The Morgan fingerprint density at radius 1 is 1.12 bits per heavy atom. The van der Waals surface area contributed by atoms with Crippen molar-refractivity contribution in [2.45, 2.75) is 19.4 Å². The normalized spacial score (nSPS) is 13.0. The molecule has 0 saturated carbocycles. The minimum atomic E-state index is -0.225. The number of carbonyl (C=O) groups is 1. The zero-order valence-electron chi connectivity index (χ0n) is 14.1. The van der Waals surface area contributed by atoms with E-state index < -0.39 is 0 Å². The Bertz CT molecular complexity index is 950. The lowest BCUT2D eigenvalue weighted by Gasteiger charge is -2.19. The zero-order chi connectivity index (χ0) is 17.9. The lowest BCUT2D eigenvalue weighted by atomic mass is 10.1. The molecule has 1 aliphatic rings. The molecule has 1 aromatic heterocycles. The monoisotopic (exact) mass is 415 g/mol. The summed E-state index contributed by atoms with van der Waals surface area (Å²) < 4.78 is 17.4. The number of halogens is 1. The summed E-state index contributed by atoms with van der Waals surface area (Å²) in [6.07, 6.45) is 2.94. The molecule has 0 saturated heterocycles. The van der Waals surface area contributed by atoms with Gasteiger partial charge >= 0.3 is 5.97 Å². The van der Waals surface area contributed by atoms with Crippen molar-refractivity contribution in [2.75, 3.05) is 13.2 Å². The van der Waals surface area contributed by atoms with Crippen molar-refractivity contribution in [2.24, 2.45) is 0 Å². The summed E-state index contributed by atoms with van der Waals surface area (Å²) >= 11 is 3.49. The number of benzene rings is 2. The lowest BCUT2D eigenvalue weighted by Crippen LogP contribution is -2.15. The van der Waals surface area contributed by atoms with Crippen LogP contribution in [0.15, 0.2) is 47.1 Å². The topological polar surface area (TPSA) is 60.6 Å². The van der Waals surface area contributed by atoms with Crippen LogP contribution < -0.4 is 9.47 Å². The Morgan fingerprint density at radius 3 is 2.73 bits per heavy atom. The van der Waals surface area contributed by atoms with Crippen LogP contribution in [0.3, 0.4) is 0 Å². The molecule has 4 rings (SSSR count). The average Bonchev–Trinajstić information content (AvgIpc) is 3.08. The van der Waals surface area contributed by atoms with Gasteiger partial charge in [0.1, 0.15) is 19.8 Å². The molecular weight excluding hydrogens is 398 g/mol. The summed E-state index contributed by atoms with van der Waals surface area (Å²) in [7, 11) is 0. The second-order valence-corrected chi connectivity index (χ2v) is 6.96. The van der Waals surface area contributed by atoms with Gasteiger partial charge in [-0.25, -0.2) is 0 Å². The minimum absolute atomic E-state index is 0.198. The van der Waals surface area contributed by atoms with Crippen LogP contribution in [0.4, 0.5) is 0 Å². The van der Waals surface area contributed by atoms with Crippen LogP contribution in [-0.2, 0) is 22.6 Å². The first kappa shape index (κ1) is 17.0. The number of H-pyrrole nitrogens is 1. The smallest absolute Gasteiger partial charge is 0.306 e. The van der Waals surface area contributed by atoms with Crippen molar-refractivity contribution in [3.63, 3.8) is 0 Å². The highest BCUT2D eigenvalue weighted by atomic mass is 79.9. The fraction of sp³-hybridized carbons (Fsp3) is 0.250. The van der Waals surface area contributed by atoms with E-state index in [4.69, 9.17) is 14.2 Å². The van der Waals surface area contributed by atoms with Gasteiger partial charge in [0.05, 0.1) is 0 Å². The highest BCUT2D eigenvalue weighted by Gasteiger charge is 2.16. The van der Waals surface area contributed by atoms with E-state index in [9.17, 15) is 4.79 Å². The van der Waals surface area contributed by atoms with E-state index in [1.54, 1.807) is 0 Å². The molecule has 1 aliphatic heterocycles. The Labute approximate surface area is 159 Å². The Kier molecular flexibility index (Phi) is 4.84. The molecule has 0 amide bonds. The number of para-hydroxylation sites is 1. The van der Waals surface area contributed by atoms with Crippen molar-refractivity contribution in [1.82, 2.24) is 4.98 Å². The fourth-order valence-electron chi connectivity index (χ4n) is 3.02. The molecule has 2 aromatic carbocycles. The number of nitrogens with one attached hydrogen (secondary N) is 1. The molecule has 2 heterocycles. The van der Waals surface area contributed by atoms with Crippen LogP contribution in [0.5, 0.6) is 11.5 Å². The highest BCUT2D eigenvalue weighted by molar-refractivity contribution is 9.10. The van der Waals surface area contributed by atoms with Crippen molar-refractivity contribution >= 4 is 32.8 Å². The highest BCUT2D eigenvalue weighted by Crippen LogP contribution is 2.35. The third kappa shape index (κ3) is 3.55. The molecule has 6 heteroatoms. The van der Waals surface area contributed by atoms with Gasteiger partial charge in [-0.2, -0.15) is 0 Å². The molecular formula is C20H18BrNO4. The first-order valence-corrected chi connectivity index (χ1v) is 9.28. The molecule has 0 aliphatic carbocycles. The maximum absolute atomic E-state index is 12.1. The molecule has 0 spiro atoms. The van der Waals surface area contributed by atoms with E-state index in [1.807, 2.05) is 36.5 Å². The molecule has 0 fully saturated rings. The SMILES string of the molecule is O=C(CCc1c[nH]c2ccccc12)OCc1cc2c(cc1Br)OCCO2. The van der Waals surface area contributed by atoms with E-state index >= 15 is 0 Å². The molecule has 0 atom stereocenters. The molecule has 134 valence electrons. The maximum Gasteiger partial charge on any atom is 0.306 e. The van der Waals surface area contributed by atoms with Gasteiger partial charge in [-0.05, 0) is 30.2 Å². The number of esters is 1. The predicted molar refractivity (Wildman–Crippen MR) is 102 cm³/mol. The number of aryl methyl sites for hydroxylation is 1. The molecule has 26 heavy (non-hydrogen) atoms. The number of rotatable bonds is 5. The quantitative estimate of drug-likeness (QED) is 0.628. The van der Waals surface area contributed by atoms with Crippen LogP contribution in [0.2, 0.25) is 0 Å². The van der Waals surface area contributed by atoms with Crippen LogP contribution >= 0.6 is 15.9 Å². The first-order valence-electron chi connectivity index (χ1n) is 8.49. The minimum Gasteiger partial charge on any atom is -0.486 e. The standard InChI is InChI=1S/C20H18BrNO4/c21-16-10-19-18(24-7-8-25-19)9-14(16)12-26-20(23)6-5-13-11-22-17-4-2-1-3-15(13)17/h1-4,9-11,22H,5-8,12H2. The van der Waals surface area contributed by atoms with Gasteiger partial charge in [0.2, 0.25) is 0 Å². The number of carbonyl (C=O) groups excluding carboxylic acids is 1. The third-order valence-corrected chi connectivity index (χ3v) is 5.11. The molecule has 1 N–H and O–H groups in total. The van der Waals surface area contributed by atoms with E-state index in [0.29, 0.717) is 37.6 Å². The van der Waals surface area contributed by atoms with Gasteiger partial charge in [-0.1, -0.05) is 34.1 Å². The van der Waals surface area contributed by atoms with Gasteiger partial charge in [0.25, 0.3) is 0 Å². The largest absolute Gasteiger partial charge is 0.486 e. The molecule has 5 nitrogen and oxygen atoms in total. The second-order valence-electron chi connectivity index (χ2n) is 6.11. The predicted octanol–water partition coefficient (Wildman–Crippen LogP) is 4.38. The zero-order valence-corrected chi connectivity index (χ0v) is 15.7. The van der Waals surface area contributed by atoms with Crippen molar-refractivity contribution < 1.29 is 19.0 Å². The molecule has 0 unspecified atom stereocenters. The van der Waals surface area contributed by atoms with Crippen molar-refractivity contribution in [1.29, 1.82) is 0 Å². The van der Waals surface area contributed by atoms with E-state index in [1.165, 1.54) is 0 Å². The number of aromatic nitrogens is 1. The molecule has 0 radical (unpaired) electrons. The van der Waals surface area contributed by atoms with Crippen molar-refractivity contribution in [3.05, 3.63) is 58.2 Å². The van der Waals surface area contributed by atoms with Crippen molar-refractivity contribution in [3.8, 4) is 11.5 Å². The summed E-state index contributed by atoms with van der Waals surface area (Å²) in [4.78, 5) is 15.4. The Hall–Kier alpha value is -2.47. The summed E-state index contributed by atoms with van der Waals surface area (Å²) in [5.74, 6) is 1.17. The van der Waals surface area contributed by atoms with Crippen LogP contribution in [0.25, 0.3) is 10.9 Å². The van der Waals surface area contributed by atoms with Gasteiger partial charge in [0, 0.05) is 33.6 Å². The van der Waals surface area contributed by atoms with Gasteiger partial charge in [-0.15, -0.1) is 0 Å². The van der Waals surface area contributed by atoms with Gasteiger partial charge < -0.3 is 19.2 Å². The third-order valence-electron chi connectivity index (χ3n) is 4.37. The molecule has 0 bridgehead atoms. The Balaban J connectivity index is 1.35. The summed E-state index contributed by atoms with van der Waals surface area (Å²) in [5.41, 5.74) is 3.06. The lowest BCUT2D eigenvalue weighted by molar-refractivity contribution is -0.144. The number of ether oxygens (including phenoxy) is 3. The fourth-order valence-corrected chi connectivity index (χ4v) is 3.46. The average molecular weight is 416 g/mol. The van der Waals surface area contributed by atoms with E-state index in [0.717, 1.165) is 26.5 Å². The van der Waals surface area contributed by atoms with E-state index in [2.05, 4.69) is 27.0 Å². The summed E-state index contributed by atoms with van der Waals surface area (Å²) in [6.45, 7) is 1.27. The van der Waals surface area contributed by atoms with Crippen LogP contribution in [-0.4, -0.2) is 24.2 Å². The number of hydrogen-bond acceptors (Lipinski definition) is 4. The van der Waals surface area contributed by atoms with Gasteiger partial charge in [0.15, 0.2) is 11.5 Å².